The van der Waals surface area contributed by atoms with E-state index in [1.807, 2.05) is 78.5 Å². The van der Waals surface area contributed by atoms with Gasteiger partial charge in [-0.25, -0.2) is 4.98 Å². The van der Waals surface area contributed by atoms with Crippen LogP contribution in [-0.4, -0.2) is 25.5 Å². The van der Waals surface area contributed by atoms with Gasteiger partial charge in [-0.2, -0.15) is 0 Å². The number of para-hydroxylation sites is 1. The maximum absolute atomic E-state index is 12.9. The Morgan fingerprint density at radius 1 is 0.972 bits per heavy atom. The van der Waals surface area contributed by atoms with Crippen molar-refractivity contribution in [1.82, 2.24) is 9.55 Å². The molecular formula is C29H20N2O5. The number of hydrogen-bond donors (Lipinski definition) is 2. The summed E-state index contributed by atoms with van der Waals surface area (Å²) in [6.07, 6.45) is 5.26. The number of carbonyl (C=O) groups excluding carboxylic acids is 1. The molecule has 3 aromatic carbocycles. The zero-order valence-corrected chi connectivity index (χ0v) is 19.2. The fourth-order valence-corrected chi connectivity index (χ4v) is 4.43. The van der Waals surface area contributed by atoms with Crippen molar-refractivity contribution < 1.29 is 24.5 Å². The number of aromatic nitrogens is 2. The maximum atomic E-state index is 12.9. The molecule has 1 aliphatic heterocycles. The first-order valence-electron chi connectivity index (χ1n) is 11.3. The number of ether oxygens (including phenoxy) is 2. The zero-order chi connectivity index (χ0) is 24.8. The van der Waals surface area contributed by atoms with E-state index in [2.05, 4.69) is 4.98 Å². The van der Waals surface area contributed by atoms with Crippen LogP contribution in [0.5, 0.6) is 28.7 Å². The standard InChI is InChI=1S/C29H20N2O5/c1-31-16-18(13-25-28(34)27-23(33)14-19(32)15-24(27)36-25)26-22(11-12-30-29(26)31)17-7-9-21(10-8-17)35-20-5-3-2-4-6-20/h2-16,32-33H,1H3/b25-13-. The first kappa shape index (κ1) is 21.5. The number of fused-ring (bicyclic) bond motifs is 2. The molecule has 7 nitrogen and oxygen atoms in total. The molecule has 7 heteroatoms. The number of hydrogen-bond acceptors (Lipinski definition) is 6. The van der Waals surface area contributed by atoms with Crippen molar-refractivity contribution in [2.45, 2.75) is 0 Å². The molecule has 0 radical (unpaired) electrons. The van der Waals surface area contributed by atoms with Crippen LogP contribution in [0.3, 0.4) is 0 Å². The highest BCUT2D eigenvalue weighted by Gasteiger charge is 2.31. The second kappa shape index (κ2) is 8.32. The third kappa shape index (κ3) is 3.63. The van der Waals surface area contributed by atoms with Gasteiger partial charge in [0.2, 0.25) is 5.78 Å². The van der Waals surface area contributed by atoms with Crippen molar-refractivity contribution in [3.63, 3.8) is 0 Å². The zero-order valence-electron chi connectivity index (χ0n) is 19.2. The van der Waals surface area contributed by atoms with Crippen molar-refractivity contribution in [3.8, 4) is 39.9 Å². The molecule has 0 amide bonds. The van der Waals surface area contributed by atoms with Crippen molar-refractivity contribution in [2.75, 3.05) is 0 Å². The number of allylic oxidation sites excluding steroid dienone is 1. The second-order valence-corrected chi connectivity index (χ2v) is 8.47. The molecule has 0 saturated heterocycles. The number of benzene rings is 3. The highest BCUT2D eigenvalue weighted by Crippen LogP contribution is 2.41. The summed E-state index contributed by atoms with van der Waals surface area (Å²) in [4.78, 5) is 17.5. The number of ketones is 1. The van der Waals surface area contributed by atoms with Gasteiger partial charge in [0.15, 0.2) is 5.76 Å². The molecule has 0 aliphatic carbocycles. The van der Waals surface area contributed by atoms with Crippen LogP contribution in [0, 0.1) is 0 Å². The molecule has 5 aromatic rings. The summed E-state index contributed by atoms with van der Waals surface area (Å²) in [7, 11) is 1.88. The van der Waals surface area contributed by atoms with E-state index in [0.29, 0.717) is 0 Å². The molecular weight excluding hydrogens is 456 g/mol. The van der Waals surface area contributed by atoms with Gasteiger partial charge in [-0.1, -0.05) is 30.3 Å². The van der Waals surface area contributed by atoms with Gasteiger partial charge >= 0.3 is 0 Å². The number of aromatic hydroxyl groups is 2. The fourth-order valence-electron chi connectivity index (χ4n) is 4.43. The molecule has 6 rings (SSSR count). The number of phenols is 2. The Morgan fingerprint density at radius 2 is 1.72 bits per heavy atom. The number of aryl methyl sites for hydroxylation is 1. The van der Waals surface area contributed by atoms with Crippen molar-refractivity contribution >= 4 is 22.9 Å². The highest BCUT2D eigenvalue weighted by atomic mass is 16.5. The van der Waals surface area contributed by atoms with Gasteiger partial charge in [0.05, 0.1) is 0 Å². The van der Waals surface area contributed by atoms with Crippen LogP contribution in [-0.2, 0) is 7.05 Å². The number of nitrogens with zero attached hydrogens (tertiary/aromatic N) is 2. The van der Waals surface area contributed by atoms with Crippen LogP contribution < -0.4 is 9.47 Å². The van der Waals surface area contributed by atoms with Crippen LogP contribution >= 0.6 is 0 Å². The predicted molar refractivity (Wildman–Crippen MR) is 135 cm³/mol. The first-order chi connectivity index (χ1) is 17.5. The molecule has 0 saturated carbocycles. The van der Waals surface area contributed by atoms with Crippen molar-refractivity contribution in [2.24, 2.45) is 7.05 Å². The average Bonchev–Trinajstić information content (AvgIpc) is 3.36. The fraction of sp³-hybridized carbons (Fsp3) is 0.0345. The second-order valence-electron chi connectivity index (χ2n) is 8.47. The largest absolute Gasteiger partial charge is 0.508 e. The van der Waals surface area contributed by atoms with Crippen LogP contribution in [0.15, 0.2) is 90.9 Å². The average molecular weight is 476 g/mol. The van der Waals surface area contributed by atoms with Crippen LogP contribution in [0.4, 0.5) is 0 Å². The van der Waals surface area contributed by atoms with Crippen molar-refractivity contribution in [1.29, 1.82) is 0 Å². The van der Waals surface area contributed by atoms with Gasteiger partial charge in [0.1, 0.15) is 40.0 Å². The van der Waals surface area contributed by atoms with E-state index in [1.54, 1.807) is 12.3 Å². The summed E-state index contributed by atoms with van der Waals surface area (Å²) in [6.45, 7) is 0. The SMILES string of the molecule is Cn1cc(/C=C2\Oc3cc(O)cc(O)c3C2=O)c2c(-c3ccc(Oc4ccccc4)cc3)ccnc21. The topological polar surface area (TPSA) is 93.8 Å². The van der Waals surface area contributed by atoms with E-state index >= 15 is 0 Å². The molecule has 0 atom stereocenters. The molecule has 0 bridgehead atoms. The summed E-state index contributed by atoms with van der Waals surface area (Å²) in [6, 6.07) is 21.7. The summed E-state index contributed by atoms with van der Waals surface area (Å²) >= 11 is 0. The predicted octanol–water partition coefficient (Wildman–Crippen LogP) is 6.06. The minimum atomic E-state index is -0.452. The lowest BCUT2D eigenvalue weighted by molar-refractivity contribution is 0.101. The molecule has 0 unspecified atom stereocenters. The Labute approximate surface area is 206 Å². The van der Waals surface area contributed by atoms with Gasteiger partial charge in [-0.05, 0) is 47.5 Å². The van der Waals surface area contributed by atoms with E-state index in [4.69, 9.17) is 9.47 Å². The molecule has 36 heavy (non-hydrogen) atoms. The Hall–Kier alpha value is -5.04. The van der Waals surface area contributed by atoms with Crippen LogP contribution in [0.2, 0.25) is 0 Å². The van der Waals surface area contributed by atoms with Gasteiger partial charge in [0, 0.05) is 42.5 Å². The molecule has 2 N–H and O–H groups in total. The van der Waals surface area contributed by atoms with Crippen molar-refractivity contribution in [3.05, 3.63) is 102 Å². The molecule has 0 fully saturated rings. The summed E-state index contributed by atoms with van der Waals surface area (Å²) in [5.41, 5.74) is 3.40. The molecule has 3 heterocycles. The first-order valence-corrected chi connectivity index (χ1v) is 11.3. The quantitative estimate of drug-likeness (QED) is 0.306. The monoisotopic (exact) mass is 476 g/mol. The number of Topliss-reactive ketones (excluding diaryl/α,β-unsaturated/α-hetero) is 1. The molecule has 0 spiro atoms. The molecule has 1 aliphatic rings. The summed E-state index contributed by atoms with van der Waals surface area (Å²) in [5, 5.41) is 20.7. The Balaban J connectivity index is 1.40. The molecule has 2 aromatic heterocycles. The smallest absolute Gasteiger partial charge is 0.235 e. The minimum Gasteiger partial charge on any atom is -0.508 e. The third-order valence-corrected chi connectivity index (χ3v) is 6.05. The number of rotatable bonds is 4. The summed E-state index contributed by atoms with van der Waals surface area (Å²) < 4.78 is 13.5. The van der Waals surface area contributed by atoms with Gasteiger partial charge in [0.25, 0.3) is 0 Å². The van der Waals surface area contributed by atoms with Gasteiger partial charge < -0.3 is 24.3 Å². The number of phenolic OH excluding ortho intramolecular Hbond substituents is 2. The lowest BCUT2D eigenvalue weighted by Crippen LogP contribution is -1.98. The summed E-state index contributed by atoms with van der Waals surface area (Å²) in [5.74, 6) is 0.697. The van der Waals surface area contributed by atoms with Gasteiger partial charge in [-0.15, -0.1) is 0 Å². The maximum Gasteiger partial charge on any atom is 0.235 e. The third-order valence-electron chi connectivity index (χ3n) is 6.05. The van der Waals surface area contributed by atoms with E-state index in [9.17, 15) is 15.0 Å². The Morgan fingerprint density at radius 3 is 2.50 bits per heavy atom. The van der Waals surface area contributed by atoms with Crippen LogP contribution in [0.25, 0.3) is 28.2 Å². The van der Waals surface area contributed by atoms with Gasteiger partial charge in [-0.3, -0.25) is 4.79 Å². The van der Waals surface area contributed by atoms with E-state index in [1.165, 1.54) is 6.07 Å². The lowest BCUT2D eigenvalue weighted by atomic mass is 10.0. The van der Waals surface area contributed by atoms with E-state index in [-0.39, 0.29) is 28.6 Å². The normalized spacial score (nSPS) is 13.7. The number of pyridine rings is 1. The lowest BCUT2D eigenvalue weighted by Gasteiger charge is -2.08. The van der Waals surface area contributed by atoms with E-state index < -0.39 is 5.78 Å². The Kier molecular flexibility index (Phi) is 4.97. The van der Waals surface area contributed by atoms with Crippen LogP contribution in [0.1, 0.15) is 15.9 Å². The number of carbonyl (C=O) groups is 1. The van der Waals surface area contributed by atoms with E-state index in [0.717, 1.165) is 45.3 Å². The Bertz CT molecular complexity index is 1670. The molecule has 176 valence electrons. The minimum absolute atomic E-state index is 0.0339. The highest BCUT2D eigenvalue weighted by molar-refractivity contribution is 6.17.